The number of sulfonamides is 1. The van der Waals surface area contributed by atoms with Gasteiger partial charge in [-0.15, -0.1) is 12.4 Å². The molecular weight excluding hydrogens is 500 g/mol. The zero-order chi connectivity index (χ0) is 24.7. The SMILES string of the molecule is CCCCS(=O)(=O)N[C@@H](CNC(=O)c1cc2n(n1)CCN(CCC1CCNCC1)C2=O)C(=O)O.Cl. The van der Waals surface area contributed by atoms with Crippen LogP contribution in [-0.4, -0.2) is 90.5 Å². The fourth-order valence-electron chi connectivity index (χ4n) is 4.15. The van der Waals surface area contributed by atoms with Crippen LogP contribution >= 0.6 is 12.4 Å². The molecular formula is C21H35ClN6O6S. The Bertz CT molecular complexity index is 994. The maximum absolute atomic E-state index is 12.9. The lowest BCUT2D eigenvalue weighted by Gasteiger charge is -2.30. The zero-order valence-corrected chi connectivity index (χ0v) is 21.5. The van der Waals surface area contributed by atoms with Crippen molar-refractivity contribution in [2.45, 2.75) is 51.6 Å². The van der Waals surface area contributed by atoms with E-state index in [1.807, 2.05) is 6.92 Å². The fraction of sp³-hybridized carbons (Fsp3) is 0.714. The molecule has 0 spiro atoms. The van der Waals surface area contributed by atoms with Crippen molar-refractivity contribution in [1.82, 2.24) is 30.0 Å². The molecule has 198 valence electrons. The number of aliphatic carboxylic acids is 1. The second-order valence-corrected chi connectivity index (χ2v) is 10.7. The van der Waals surface area contributed by atoms with Gasteiger partial charge in [0, 0.05) is 25.7 Å². The third kappa shape index (κ3) is 8.16. The van der Waals surface area contributed by atoms with E-state index in [-0.39, 0.29) is 29.8 Å². The maximum atomic E-state index is 12.9. The van der Waals surface area contributed by atoms with Crippen molar-refractivity contribution in [3.8, 4) is 0 Å². The summed E-state index contributed by atoms with van der Waals surface area (Å²) in [6, 6.07) is -0.106. The number of carboxylic acids is 1. The molecule has 0 bridgehead atoms. The van der Waals surface area contributed by atoms with Crippen molar-refractivity contribution in [2.24, 2.45) is 5.92 Å². The van der Waals surface area contributed by atoms with Gasteiger partial charge in [0.25, 0.3) is 11.8 Å². The number of carboxylic acid groups (broad SMARTS) is 1. The summed E-state index contributed by atoms with van der Waals surface area (Å²) in [5, 5.41) is 19.3. The van der Waals surface area contributed by atoms with Crippen molar-refractivity contribution in [1.29, 1.82) is 0 Å². The highest BCUT2D eigenvalue weighted by Gasteiger charge is 2.29. The molecule has 1 saturated heterocycles. The summed E-state index contributed by atoms with van der Waals surface area (Å²) in [7, 11) is -3.79. The number of aromatic nitrogens is 2. The number of carbonyl (C=O) groups excluding carboxylic acids is 2. The minimum Gasteiger partial charge on any atom is -0.480 e. The van der Waals surface area contributed by atoms with E-state index in [0.717, 1.165) is 32.4 Å². The molecule has 1 aromatic heterocycles. The summed E-state index contributed by atoms with van der Waals surface area (Å²) < 4.78 is 27.6. The number of amides is 2. The third-order valence-electron chi connectivity index (χ3n) is 6.22. The molecule has 0 aromatic carbocycles. The number of piperidine rings is 1. The van der Waals surface area contributed by atoms with E-state index in [1.54, 1.807) is 4.90 Å². The second kappa shape index (κ2) is 13.2. The summed E-state index contributed by atoms with van der Waals surface area (Å²) in [6.45, 7) is 5.04. The molecule has 12 nitrogen and oxygen atoms in total. The van der Waals surface area contributed by atoms with E-state index in [2.05, 4.69) is 20.5 Å². The number of fused-ring (bicyclic) bond motifs is 1. The Morgan fingerprint density at radius 1 is 1.29 bits per heavy atom. The Morgan fingerprint density at radius 2 is 2.00 bits per heavy atom. The number of halogens is 1. The molecule has 2 amide bonds. The standard InChI is InChI=1S/C21H34N6O6S.ClH/c1-2-3-12-34(32,33)25-17(21(30)31)14-23-19(28)16-13-18-20(29)26(10-11-27(18)24-16)9-6-15-4-7-22-8-5-15;/h13,15,17,22,25H,2-12,14H2,1H3,(H,23,28)(H,30,31);1H/t17-;/m0./s1. The van der Waals surface area contributed by atoms with Crippen molar-refractivity contribution in [3.05, 3.63) is 17.5 Å². The molecule has 0 radical (unpaired) electrons. The minimum absolute atomic E-state index is 0. The third-order valence-corrected chi connectivity index (χ3v) is 7.69. The highest BCUT2D eigenvalue weighted by molar-refractivity contribution is 7.89. The van der Waals surface area contributed by atoms with Crippen LogP contribution in [0.5, 0.6) is 0 Å². The number of hydrogen-bond acceptors (Lipinski definition) is 7. The lowest BCUT2D eigenvalue weighted by Crippen LogP contribution is -2.49. The molecule has 3 heterocycles. The predicted molar refractivity (Wildman–Crippen MR) is 131 cm³/mol. The van der Waals surface area contributed by atoms with Gasteiger partial charge in [0.2, 0.25) is 10.0 Å². The molecule has 0 aliphatic carbocycles. The van der Waals surface area contributed by atoms with Gasteiger partial charge in [-0.1, -0.05) is 13.3 Å². The van der Waals surface area contributed by atoms with Crippen molar-refractivity contribution in [2.75, 3.05) is 38.5 Å². The van der Waals surface area contributed by atoms with Gasteiger partial charge < -0.3 is 20.6 Å². The van der Waals surface area contributed by atoms with Gasteiger partial charge in [0.05, 0.1) is 12.3 Å². The van der Waals surface area contributed by atoms with Crippen LogP contribution in [0.15, 0.2) is 6.07 Å². The first kappa shape index (κ1) is 29.0. The van der Waals surface area contributed by atoms with E-state index in [9.17, 15) is 27.9 Å². The number of hydrogen-bond donors (Lipinski definition) is 4. The van der Waals surface area contributed by atoms with Crippen LogP contribution in [-0.2, 0) is 21.4 Å². The molecule has 0 unspecified atom stereocenters. The van der Waals surface area contributed by atoms with Crippen LogP contribution < -0.4 is 15.4 Å². The number of unbranched alkanes of at least 4 members (excludes halogenated alkanes) is 1. The highest BCUT2D eigenvalue weighted by Crippen LogP contribution is 2.19. The van der Waals surface area contributed by atoms with Crippen LogP contribution in [0.25, 0.3) is 0 Å². The maximum Gasteiger partial charge on any atom is 0.323 e. The van der Waals surface area contributed by atoms with Crippen molar-refractivity contribution >= 4 is 40.2 Å². The van der Waals surface area contributed by atoms with E-state index in [4.69, 9.17) is 0 Å². The van der Waals surface area contributed by atoms with Gasteiger partial charge in [-0.3, -0.25) is 19.1 Å². The Kier molecular flexibility index (Phi) is 10.9. The second-order valence-electron chi connectivity index (χ2n) is 8.80. The van der Waals surface area contributed by atoms with E-state index in [0.29, 0.717) is 44.1 Å². The number of nitrogens with zero attached hydrogens (tertiary/aromatic N) is 3. The predicted octanol–water partition coefficient (Wildman–Crippen LogP) is 0.0529. The lowest BCUT2D eigenvalue weighted by molar-refractivity contribution is -0.138. The monoisotopic (exact) mass is 534 g/mol. The molecule has 3 rings (SSSR count). The fourth-order valence-corrected chi connectivity index (χ4v) is 5.55. The molecule has 2 aliphatic rings. The summed E-state index contributed by atoms with van der Waals surface area (Å²) in [5.41, 5.74) is 0.304. The van der Waals surface area contributed by atoms with E-state index < -0.39 is 34.5 Å². The number of carbonyl (C=O) groups is 3. The normalized spacial score (nSPS) is 17.4. The van der Waals surface area contributed by atoms with Crippen LogP contribution in [0.4, 0.5) is 0 Å². The number of nitrogens with one attached hydrogen (secondary N) is 3. The van der Waals surface area contributed by atoms with Gasteiger partial charge in [0.15, 0.2) is 5.69 Å². The van der Waals surface area contributed by atoms with Gasteiger partial charge in [0.1, 0.15) is 11.7 Å². The van der Waals surface area contributed by atoms with Crippen molar-refractivity contribution < 1.29 is 27.9 Å². The first-order valence-corrected chi connectivity index (χ1v) is 13.4. The van der Waals surface area contributed by atoms with Crippen LogP contribution in [0.3, 0.4) is 0 Å². The average Bonchev–Trinajstić information content (AvgIpc) is 3.26. The summed E-state index contributed by atoms with van der Waals surface area (Å²) >= 11 is 0. The largest absolute Gasteiger partial charge is 0.480 e. The molecule has 35 heavy (non-hydrogen) atoms. The van der Waals surface area contributed by atoms with E-state index in [1.165, 1.54) is 10.7 Å². The molecule has 1 atom stereocenters. The van der Waals surface area contributed by atoms with Crippen LogP contribution in [0, 0.1) is 5.92 Å². The van der Waals surface area contributed by atoms with Gasteiger partial charge >= 0.3 is 5.97 Å². The summed E-state index contributed by atoms with van der Waals surface area (Å²) in [6.07, 6.45) is 4.21. The minimum atomic E-state index is -3.79. The van der Waals surface area contributed by atoms with E-state index >= 15 is 0 Å². The molecule has 14 heteroatoms. The van der Waals surface area contributed by atoms with Crippen LogP contribution in [0.1, 0.15) is 60.0 Å². The lowest BCUT2D eigenvalue weighted by atomic mass is 9.94. The topological polar surface area (TPSA) is 163 Å². The first-order chi connectivity index (χ1) is 16.2. The Morgan fingerprint density at radius 3 is 2.66 bits per heavy atom. The van der Waals surface area contributed by atoms with Crippen molar-refractivity contribution in [3.63, 3.8) is 0 Å². The van der Waals surface area contributed by atoms with Gasteiger partial charge in [-0.2, -0.15) is 9.82 Å². The Balaban J connectivity index is 0.00000432. The smallest absolute Gasteiger partial charge is 0.323 e. The molecule has 2 aliphatic heterocycles. The number of rotatable bonds is 12. The Labute approximate surface area is 211 Å². The molecule has 0 saturated carbocycles. The highest BCUT2D eigenvalue weighted by atomic mass is 35.5. The molecule has 4 N–H and O–H groups in total. The first-order valence-electron chi connectivity index (χ1n) is 11.8. The molecule has 1 fully saturated rings. The van der Waals surface area contributed by atoms with Crippen LogP contribution in [0.2, 0.25) is 0 Å². The molecule has 1 aromatic rings. The average molecular weight is 535 g/mol. The Hall–Kier alpha value is -2.22. The summed E-state index contributed by atoms with van der Waals surface area (Å²) in [5.74, 6) is -1.84. The zero-order valence-electron chi connectivity index (χ0n) is 19.9. The van der Waals surface area contributed by atoms with Gasteiger partial charge in [-0.05, 0) is 44.7 Å². The summed E-state index contributed by atoms with van der Waals surface area (Å²) in [4.78, 5) is 38.7. The quantitative estimate of drug-likeness (QED) is 0.292. The van der Waals surface area contributed by atoms with Gasteiger partial charge in [-0.25, -0.2) is 8.42 Å².